The van der Waals surface area contributed by atoms with Crippen molar-refractivity contribution >= 4 is 0 Å². The molecule has 0 saturated heterocycles. The zero-order valence-corrected chi connectivity index (χ0v) is 11.6. The summed E-state index contributed by atoms with van der Waals surface area (Å²) in [5.41, 5.74) is 9.67. The van der Waals surface area contributed by atoms with Crippen molar-refractivity contribution in [3.63, 3.8) is 0 Å². The van der Waals surface area contributed by atoms with E-state index >= 15 is 0 Å². The van der Waals surface area contributed by atoms with Gasteiger partial charge in [-0.15, -0.1) is 0 Å². The van der Waals surface area contributed by atoms with Gasteiger partial charge in [0, 0.05) is 31.5 Å². The molecule has 3 heteroatoms. The summed E-state index contributed by atoms with van der Waals surface area (Å²) in [6, 6.07) is 12.9. The number of nitrogens with zero attached hydrogens (tertiary/aromatic N) is 2. The first-order valence-corrected chi connectivity index (χ1v) is 6.56. The Morgan fingerprint density at radius 1 is 1.21 bits per heavy atom. The maximum Gasteiger partial charge on any atom is 0.0486 e. The molecule has 0 aliphatic rings. The Morgan fingerprint density at radius 2 is 1.95 bits per heavy atom. The predicted octanol–water partition coefficient (Wildman–Crippen LogP) is 2.52. The molecule has 0 saturated carbocycles. The number of benzene rings is 1. The number of pyridine rings is 1. The van der Waals surface area contributed by atoms with Crippen LogP contribution in [0.2, 0.25) is 0 Å². The second kappa shape index (κ2) is 6.45. The van der Waals surface area contributed by atoms with Crippen molar-refractivity contribution in [1.29, 1.82) is 0 Å². The summed E-state index contributed by atoms with van der Waals surface area (Å²) < 4.78 is 0. The highest BCUT2D eigenvalue weighted by Gasteiger charge is 2.15. The zero-order valence-electron chi connectivity index (χ0n) is 11.6. The SMILES string of the molecule is Cc1ccc(CN(C)C(CN)c2cccnc2)cc1. The van der Waals surface area contributed by atoms with E-state index < -0.39 is 0 Å². The van der Waals surface area contributed by atoms with E-state index in [9.17, 15) is 0 Å². The molecule has 2 N–H and O–H groups in total. The second-order valence-corrected chi connectivity index (χ2v) is 4.94. The molecular formula is C16H21N3. The Hall–Kier alpha value is -1.71. The Kier molecular flexibility index (Phi) is 4.66. The summed E-state index contributed by atoms with van der Waals surface area (Å²) in [5, 5.41) is 0. The number of hydrogen-bond acceptors (Lipinski definition) is 3. The molecule has 0 aliphatic heterocycles. The molecule has 2 aromatic rings. The molecule has 1 unspecified atom stereocenters. The van der Waals surface area contributed by atoms with Crippen LogP contribution in [0.3, 0.4) is 0 Å². The smallest absolute Gasteiger partial charge is 0.0486 e. The molecule has 0 amide bonds. The first kappa shape index (κ1) is 13.7. The number of likely N-dealkylation sites (N-methyl/N-ethyl adjacent to an activating group) is 1. The van der Waals surface area contributed by atoms with Crippen molar-refractivity contribution in [3.8, 4) is 0 Å². The predicted molar refractivity (Wildman–Crippen MR) is 78.7 cm³/mol. The van der Waals surface area contributed by atoms with Crippen LogP contribution in [0.1, 0.15) is 22.7 Å². The number of hydrogen-bond donors (Lipinski definition) is 1. The van der Waals surface area contributed by atoms with Crippen molar-refractivity contribution in [2.24, 2.45) is 5.73 Å². The van der Waals surface area contributed by atoms with Gasteiger partial charge < -0.3 is 5.73 Å². The van der Waals surface area contributed by atoms with E-state index in [4.69, 9.17) is 5.73 Å². The van der Waals surface area contributed by atoms with Gasteiger partial charge in [-0.2, -0.15) is 0 Å². The highest BCUT2D eigenvalue weighted by molar-refractivity contribution is 5.22. The zero-order chi connectivity index (χ0) is 13.7. The lowest BCUT2D eigenvalue weighted by molar-refractivity contribution is 0.241. The number of nitrogens with two attached hydrogens (primary N) is 1. The highest BCUT2D eigenvalue weighted by atomic mass is 15.1. The van der Waals surface area contributed by atoms with Crippen LogP contribution >= 0.6 is 0 Å². The maximum absolute atomic E-state index is 5.91. The van der Waals surface area contributed by atoms with E-state index in [0.717, 1.165) is 6.54 Å². The van der Waals surface area contributed by atoms with Crippen molar-refractivity contribution in [2.75, 3.05) is 13.6 Å². The van der Waals surface area contributed by atoms with Crippen molar-refractivity contribution in [3.05, 3.63) is 65.5 Å². The normalized spacial score (nSPS) is 12.6. The summed E-state index contributed by atoms with van der Waals surface area (Å²) in [7, 11) is 2.10. The summed E-state index contributed by atoms with van der Waals surface area (Å²) in [6.07, 6.45) is 3.68. The summed E-state index contributed by atoms with van der Waals surface area (Å²) in [5.74, 6) is 0. The third kappa shape index (κ3) is 3.63. The molecule has 1 aromatic carbocycles. The fourth-order valence-electron chi connectivity index (χ4n) is 2.24. The molecular weight excluding hydrogens is 234 g/mol. The standard InChI is InChI=1S/C16H21N3/c1-13-5-7-14(8-6-13)12-19(2)16(10-17)15-4-3-9-18-11-15/h3-9,11,16H,10,12,17H2,1-2H3. The summed E-state index contributed by atoms with van der Waals surface area (Å²) >= 11 is 0. The first-order valence-electron chi connectivity index (χ1n) is 6.56. The van der Waals surface area contributed by atoms with E-state index in [1.54, 1.807) is 6.20 Å². The Morgan fingerprint density at radius 3 is 2.53 bits per heavy atom. The first-order chi connectivity index (χ1) is 9.20. The van der Waals surface area contributed by atoms with Gasteiger partial charge in [0.05, 0.1) is 0 Å². The van der Waals surface area contributed by atoms with Gasteiger partial charge in [0.15, 0.2) is 0 Å². The molecule has 1 aromatic heterocycles. The van der Waals surface area contributed by atoms with Gasteiger partial charge in [0.1, 0.15) is 0 Å². The number of aryl methyl sites for hydroxylation is 1. The summed E-state index contributed by atoms with van der Waals surface area (Å²) in [6.45, 7) is 3.58. The van der Waals surface area contributed by atoms with Crippen LogP contribution in [-0.2, 0) is 6.54 Å². The third-order valence-corrected chi connectivity index (χ3v) is 3.38. The van der Waals surface area contributed by atoms with E-state index in [2.05, 4.69) is 54.2 Å². The van der Waals surface area contributed by atoms with Gasteiger partial charge in [0.25, 0.3) is 0 Å². The van der Waals surface area contributed by atoms with Gasteiger partial charge in [-0.05, 0) is 31.2 Å². The van der Waals surface area contributed by atoms with Crippen molar-refractivity contribution < 1.29 is 0 Å². The van der Waals surface area contributed by atoms with E-state index in [0.29, 0.717) is 6.54 Å². The van der Waals surface area contributed by atoms with Crippen LogP contribution in [0.25, 0.3) is 0 Å². The van der Waals surface area contributed by atoms with Gasteiger partial charge in [0.2, 0.25) is 0 Å². The van der Waals surface area contributed by atoms with Gasteiger partial charge in [-0.25, -0.2) is 0 Å². The minimum Gasteiger partial charge on any atom is -0.329 e. The molecule has 0 aliphatic carbocycles. The van der Waals surface area contributed by atoms with E-state index in [1.807, 2.05) is 12.3 Å². The Labute approximate surface area is 115 Å². The van der Waals surface area contributed by atoms with Gasteiger partial charge >= 0.3 is 0 Å². The van der Waals surface area contributed by atoms with Crippen LogP contribution in [-0.4, -0.2) is 23.5 Å². The average Bonchev–Trinajstić information content (AvgIpc) is 2.43. The molecule has 100 valence electrons. The van der Waals surface area contributed by atoms with Crippen LogP contribution in [0.4, 0.5) is 0 Å². The van der Waals surface area contributed by atoms with E-state index in [-0.39, 0.29) is 6.04 Å². The molecule has 19 heavy (non-hydrogen) atoms. The molecule has 0 fully saturated rings. The number of rotatable bonds is 5. The summed E-state index contributed by atoms with van der Waals surface area (Å²) in [4.78, 5) is 6.44. The Balaban J connectivity index is 2.09. The average molecular weight is 255 g/mol. The van der Waals surface area contributed by atoms with Crippen molar-refractivity contribution in [1.82, 2.24) is 9.88 Å². The molecule has 0 bridgehead atoms. The second-order valence-electron chi connectivity index (χ2n) is 4.94. The van der Waals surface area contributed by atoms with E-state index in [1.165, 1.54) is 16.7 Å². The fraction of sp³-hybridized carbons (Fsp3) is 0.312. The van der Waals surface area contributed by atoms with Crippen LogP contribution in [0.15, 0.2) is 48.8 Å². The minimum atomic E-state index is 0.204. The van der Waals surface area contributed by atoms with Crippen LogP contribution in [0.5, 0.6) is 0 Å². The van der Waals surface area contributed by atoms with Crippen molar-refractivity contribution in [2.45, 2.75) is 19.5 Å². The molecule has 1 atom stereocenters. The lowest BCUT2D eigenvalue weighted by Gasteiger charge is -2.27. The van der Waals surface area contributed by atoms with Crippen LogP contribution in [0, 0.1) is 6.92 Å². The van der Waals surface area contributed by atoms with Gasteiger partial charge in [-0.1, -0.05) is 35.9 Å². The lowest BCUT2D eigenvalue weighted by Crippen LogP contribution is -2.30. The van der Waals surface area contributed by atoms with Gasteiger partial charge in [-0.3, -0.25) is 9.88 Å². The lowest BCUT2D eigenvalue weighted by atomic mass is 10.1. The maximum atomic E-state index is 5.91. The highest BCUT2D eigenvalue weighted by Crippen LogP contribution is 2.19. The Bertz CT molecular complexity index is 493. The quantitative estimate of drug-likeness (QED) is 0.892. The molecule has 2 rings (SSSR count). The fourth-order valence-corrected chi connectivity index (χ4v) is 2.24. The molecule has 0 radical (unpaired) electrons. The third-order valence-electron chi connectivity index (χ3n) is 3.38. The molecule has 0 spiro atoms. The number of aromatic nitrogens is 1. The topological polar surface area (TPSA) is 42.1 Å². The van der Waals surface area contributed by atoms with Crippen LogP contribution < -0.4 is 5.73 Å². The largest absolute Gasteiger partial charge is 0.329 e. The molecule has 1 heterocycles. The minimum absolute atomic E-state index is 0.204. The monoisotopic (exact) mass is 255 g/mol. The molecule has 3 nitrogen and oxygen atoms in total.